The number of aliphatic hydroxyl groups is 1. The number of thiophene rings is 1. The van der Waals surface area contributed by atoms with Gasteiger partial charge in [-0.05, 0) is 18.4 Å². The Hall–Kier alpha value is -0.420. The normalized spacial score (nSPS) is 21.6. The van der Waals surface area contributed by atoms with Gasteiger partial charge in [0.25, 0.3) is 0 Å². The summed E-state index contributed by atoms with van der Waals surface area (Å²) in [6, 6.07) is 3.86. The fourth-order valence-corrected chi connectivity index (χ4v) is 2.80. The van der Waals surface area contributed by atoms with Gasteiger partial charge in [0.05, 0.1) is 32.5 Å². The van der Waals surface area contributed by atoms with Crippen LogP contribution in [-0.4, -0.2) is 57.1 Å². The van der Waals surface area contributed by atoms with E-state index in [0.717, 1.165) is 4.88 Å². The number of nitrogens with one attached hydrogen (secondary N) is 2. The van der Waals surface area contributed by atoms with Gasteiger partial charge in [-0.3, -0.25) is 4.99 Å². The zero-order chi connectivity index (χ0) is 15.1. The highest BCUT2D eigenvalue weighted by Crippen LogP contribution is 2.24. The molecule has 2 atom stereocenters. The molecular formula is C14H24IN3O3S. The third kappa shape index (κ3) is 5.99. The highest BCUT2D eigenvalue weighted by molar-refractivity contribution is 14.0. The first-order valence-electron chi connectivity index (χ1n) is 7.02. The van der Waals surface area contributed by atoms with Gasteiger partial charge in [-0.15, -0.1) is 35.3 Å². The number of nitrogens with zero attached hydrogens (tertiary/aromatic N) is 1. The molecule has 126 valence electrons. The van der Waals surface area contributed by atoms with Gasteiger partial charge in [0.1, 0.15) is 5.60 Å². The van der Waals surface area contributed by atoms with Crippen molar-refractivity contribution in [1.82, 2.24) is 10.6 Å². The summed E-state index contributed by atoms with van der Waals surface area (Å²) in [5.74, 6) is 0.640. The van der Waals surface area contributed by atoms with E-state index in [4.69, 9.17) is 9.47 Å². The van der Waals surface area contributed by atoms with Gasteiger partial charge in [0.15, 0.2) is 5.96 Å². The molecule has 0 amide bonds. The first-order valence-corrected chi connectivity index (χ1v) is 7.90. The number of hydrogen-bond donors (Lipinski definition) is 3. The van der Waals surface area contributed by atoms with E-state index in [0.29, 0.717) is 38.9 Å². The van der Waals surface area contributed by atoms with Crippen LogP contribution in [0.3, 0.4) is 0 Å². The molecule has 1 saturated heterocycles. The maximum Gasteiger partial charge on any atom is 0.191 e. The summed E-state index contributed by atoms with van der Waals surface area (Å²) in [6.07, 6.45) is 0.0371. The third-order valence-electron chi connectivity index (χ3n) is 3.26. The Morgan fingerprint density at radius 3 is 2.91 bits per heavy atom. The topological polar surface area (TPSA) is 75.1 Å². The lowest BCUT2D eigenvalue weighted by Gasteiger charge is -2.26. The molecule has 1 fully saturated rings. The Morgan fingerprint density at radius 1 is 1.50 bits per heavy atom. The van der Waals surface area contributed by atoms with Crippen molar-refractivity contribution >= 4 is 41.3 Å². The van der Waals surface area contributed by atoms with Crippen molar-refractivity contribution in [2.24, 2.45) is 4.99 Å². The van der Waals surface area contributed by atoms with Crippen molar-refractivity contribution in [3.8, 4) is 0 Å². The van der Waals surface area contributed by atoms with Gasteiger partial charge in [0.2, 0.25) is 0 Å². The van der Waals surface area contributed by atoms with Crippen LogP contribution in [0.25, 0.3) is 0 Å². The molecule has 6 nitrogen and oxygen atoms in total. The van der Waals surface area contributed by atoms with Crippen LogP contribution in [0.5, 0.6) is 0 Å². The summed E-state index contributed by atoms with van der Waals surface area (Å²) in [6.45, 7) is 4.68. The molecular weight excluding hydrogens is 417 g/mol. The van der Waals surface area contributed by atoms with Crippen molar-refractivity contribution in [2.45, 2.75) is 18.6 Å². The van der Waals surface area contributed by atoms with E-state index in [1.165, 1.54) is 11.3 Å². The Balaban J connectivity index is 0.00000242. The van der Waals surface area contributed by atoms with E-state index in [9.17, 15) is 5.11 Å². The Bertz CT molecular complexity index is 448. The van der Waals surface area contributed by atoms with Crippen molar-refractivity contribution in [2.75, 3.05) is 40.0 Å². The molecule has 2 rings (SSSR count). The number of rotatable bonds is 5. The monoisotopic (exact) mass is 441 g/mol. The smallest absolute Gasteiger partial charge is 0.191 e. The number of halogens is 1. The fourth-order valence-electron chi connectivity index (χ4n) is 2.01. The fraction of sp³-hybridized carbons (Fsp3) is 0.643. The van der Waals surface area contributed by atoms with Gasteiger partial charge >= 0.3 is 0 Å². The molecule has 2 unspecified atom stereocenters. The lowest BCUT2D eigenvalue weighted by atomic mass is 10.1. The summed E-state index contributed by atoms with van der Waals surface area (Å²) >= 11 is 1.54. The quantitative estimate of drug-likeness (QED) is 0.363. The van der Waals surface area contributed by atoms with Crippen LogP contribution in [0.1, 0.15) is 11.8 Å². The predicted octanol–water partition coefficient (Wildman–Crippen LogP) is 1.15. The molecule has 0 aromatic carbocycles. The van der Waals surface area contributed by atoms with Gasteiger partial charge in [0, 0.05) is 18.5 Å². The van der Waals surface area contributed by atoms with Crippen molar-refractivity contribution in [3.63, 3.8) is 0 Å². The molecule has 0 spiro atoms. The molecule has 3 N–H and O–H groups in total. The summed E-state index contributed by atoms with van der Waals surface area (Å²) in [5.41, 5.74) is -0.920. The first-order chi connectivity index (χ1) is 10.1. The second-order valence-electron chi connectivity index (χ2n) is 5.13. The minimum absolute atomic E-state index is 0. The molecule has 0 saturated carbocycles. The van der Waals surface area contributed by atoms with Crippen molar-refractivity contribution < 1.29 is 14.6 Å². The highest BCUT2D eigenvalue weighted by Gasteiger charge is 2.24. The van der Waals surface area contributed by atoms with Gasteiger partial charge < -0.3 is 25.2 Å². The summed E-state index contributed by atoms with van der Waals surface area (Å²) in [4.78, 5) is 5.07. The first kappa shape index (κ1) is 19.6. The van der Waals surface area contributed by atoms with E-state index < -0.39 is 5.60 Å². The van der Waals surface area contributed by atoms with Gasteiger partial charge in [-0.1, -0.05) is 6.07 Å². The Labute approximate surface area is 152 Å². The Morgan fingerprint density at radius 2 is 2.32 bits per heavy atom. The van der Waals surface area contributed by atoms with Crippen LogP contribution in [0.15, 0.2) is 22.5 Å². The van der Waals surface area contributed by atoms with Crippen LogP contribution < -0.4 is 10.6 Å². The molecule has 2 heterocycles. The number of aliphatic imine (C=N–C) groups is 1. The molecule has 1 aliphatic rings. The molecule has 0 bridgehead atoms. The zero-order valence-corrected chi connectivity index (χ0v) is 16.0. The SMILES string of the molecule is CN=C(NCC1COCCO1)NCC(C)(O)c1cccs1.I. The largest absolute Gasteiger partial charge is 0.383 e. The summed E-state index contributed by atoms with van der Waals surface area (Å²) in [7, 11) is 1.70. The van der Waals surface area contributed by atoms with E-state index >= 15 is 0 Å². The number of ether oxygens (including phenoxy) is 2. The maximum atomic E-state index is 10.5. The molecule has 8 heteroatoms. The minimum Gasteiger partial charge on any atom is -0.383 e. The lowest BCUT2D eigenvalue weighted by Crippen LogP contribution is -2.47. The van der Waals surface area contributed by atoms with Crippen LogP contribution in [0.4, 0.5) is 0 Å². The second-order valence-corrected chi connectivity index (χ2v) is 6.07. The molecule has 1 aromatic heterocycles. The molecule has 22 heavy (non-hydrogen) atoms. The van der Waals surface area contributed by atoms with Crippen LogP contribution in [0, 0.1) is 0 Å². The maximum absolute atomic E-state index is 10.5. The Kier molecular flexibility index (Phi) is 8.62. The third-order valence-corrected chi connectivity index (χ3v) is 4.38. The standard InChI is InChI=1S/C14H23N3O3S.HI/c1-14(18,12-4-3-7-21-12)10-17-13(15-2)16-8-11-9-19-5-6-20-11;/h3-4,7,11,18H,5-6,8-10H2,1-2H3,(H2,15,16,17);1H. The molecule has 0 radical (unpaired) electrons. The van der Waals surface area contributed by atoms with Crippen molar-refractivity contribution in [1.29, 1.82) is 0 Å². The minimum atomic E-state index is -0.920. The lowest BCUT2D eigenvalue weighted by molar-refractivity contribution is -0.0850. The average molecular weight is 441 g/mol. The van der Waals surface area contributed by atoms with E-state index in [-0.39, 0.29) is 30.1 Å². The van der Waals surface area contributed by atoms with Crippen LogP contribution in [-0.2, 0) is 15.1 Å². The number of guanidine groups is 1. The van der Waals surface area contributed by atoms with Gasteiger partial charge in [-0.25, -0.2) is 0 Å². The predicted molar refractivity (Wildman–Crippen MR) is 99.2 cm³/mol. The molecule has 1 aliphatic heterocycles. The molecule has 0 aliphatic carbocycles. The summed E-state index contributed by atoms with van der Waals surface area (Å²) in [5, 5.41) is 18.7. The zero-order valence-electron chi connectivity index (χ0n) is 12.9. The average Bonchev–Trinajstić information content (AvgIpc) is 3.03. The second kappa shape index (κ2) is 9.66. The molecule has 1 aromatic rings. The van der Waals surface area contributed by atoms with Crippen LogP contribution in [0.2, 0.25) is 0 Å². The van der Waals surface area contributed by atoms with Gasteiger partial charge in [-0.2, -0.15) is 0 Å². The number of hydrogen-bond acceptors (Lipinski definition) is 5. The van der Waals surface area contributed by atoms with E-state index in [2.05, 4.69) is 15.6 Å². The van der Waals surface area contributed by atoms with Crippen molar-refractivity contribution in [3.05, 3.63) is 22.4 Å². The highest BCUT2D eigenvalue weighted by atomic mass is 127. The van der Waals surface area contributed by atoms with E-state index in [1.807, 2.05) is 17.5 Å². The van der Waals surface area contributed by atoms with Crippen LogP contribution >= 0.6 is 35.3 Å². The van der Waals surface area contributed by atoms with E-state index in [1.54, 1.807) is 14.0 Å². The summed E-state index contributed by atoms with van der Waals surface area (Å²) < 4.78 is 10.9.